The average Bonchev–Trinajstić information content (AvgIpc) is 2.58. The minimum absolute atomic E-state index is 0.0658. The van der Waals surface area contributed by atoms with E-state index in [0.29, 0.717) is 23.1 Å². The van der Waals surface area contributed by atoms with Crippen molar-refractivity contribution in [2.75, 3.05) is 0 Å². The highest BCUT2D eigenvalue weighted by molar-refractivity contribution is 7.78. The Balaban J connectivity index is 2.50. The highest BCUT2D eigenvalue weighted by Gasteiger charge is 2.15. The highest BCUT2D eigenvalue weighted by Crippen LogP contribution is 2.27. The first-order chi connectivity index (χ1) is 12.4. The summed E-state index contributed by atoms with van der Waals surface area (Å²) in [6.45, 7) is 5.76. The molecule has 0 aliphatic carbocycles. The fourth-order valence-corrected chi connectivity index (χ4v) is 2.79. The van der Waals surface area contributed by atoms with Crippen molar-refractivity contribution in [3.8, 4) is 11.8 Å². The number of benzene rings is 2. The highest BCUT2D eigenvalue weighted by atomic mass is 32.1. The summed E-state index contributed by atoms with van der Waals surface area (Å²) in [7, 11) is 0. The van der Waals surface area contributed by atoms with E-state index in [9.17, 15) is 13.2 Å². The first kappa shape index (κ1) is 19.9. The molecule has 0 atom stereocenters. The van der Waals surface area contributed by atoms with E-state index in [1.54, 1.807) is 12.1 Å². The van der Waals surface area contributed by atoms with Crippen LogP contribution in [-0.4, -0.2) is 5.16 Å². The molecule has 134 valence electrons. The third kappa shape index (κ3) is 4.40. The number of hydrogen-bond acceptors (Lipinski definition) is 2. The maximum atomic E-state index is 14.7. The Hall–Kier alpha value is -2.41. The predicted molar refractivity (Wildman–Crippen MR) is 102 cm³/mol. The van der Waals surface area contributed by atoms with Gasteiger partial charge in [0.1, 0.15) is 11.5 Å². The molecule has 0 unspecified atom stereocenters. The van der Waals surface area contributed by atoms with E-state index in [-0.39, 0.29) is 17.3 Å². The van der Waals surface area contributed by atoms with Gasteiger partial charge in [0, 0.05) is 16.7 Å². The molecule has 1 nitrogen and oxygen atoms in total. The molecule has 0 bridgehead atoms. The summed E-state index contributed by atoms with van der Waals surface area (Å²) in [5.74, 6) is 3.47. The third-order valence-corrected chi connectivity index (χ3v) is 3.96. The number of hydrogen-bond donors (Lipinski definition) is 0. The molecule has 0 amide bonds. The Bertz CT molecular complexity index is 909. The number of rotatable bonds is 4. The summed E-state index contributed by atoms with van der Waals surface area (Å²) in [5.41, 5.74) is 1.33. The van der Waals surface area contributed by atoms with Crippen LogP contribution >= 0.6 is 12.2 Å². The Labute approximate surface area is 157 Å². The first-order valence-corrected chi connectivity index (χ1v) is 8.70. The maximum Gasteiger partial charge on any atom is 0.153 e. The van der Waals surface area contributed by atoms with Crippen molar-refractivity contribution >= 4 is 23.1 Å². The molecule has 0 aliphatic rings. The number of nitrogens with zero attached hydrogens (tertiary/aromatic N) is 1. The van der Waals surface area contributed by atoms with E-state index in [4.69, 9.17) is 0 Å². The molecule has 0 aromatic heterocycles. The van der Waals surface area contributed by atoms with Crippen molar-refractivity contribution < 1.29 is 13.2 Å². The van der Waals surface area contributed by atoms with Crippen LogP contribution in [0.5, 0.6) is 0 Å². The Morgan fingerprint density at radius 2 is 1.73 bits per heavy atom. The lowest BCUT2D eigenvalue weighted by Gasteiger charge is -2.13. The van der Waals surface area contributed by atoms with Gasteiger partial charge in [-0.3, -0.25) is 0 Å². The van der Waals surface area contributed by atoms with Crippen molar-refractivity contribution in [3.63, 3.8) is 0 Å². The van der Waals surface area contributed by atoms with Gasteiger partial charge >= 0.3 is 0 Å². The average molecular weight is 373 g/mol. The molecule has 0 spiro atoms. The van der Waals surface area contributed by atoms with Crippen LogP contribution in [0.1, 0.15) is 55.4 Å². The van der Waals surface area contributed by atoms with Gasteiger partial charge < -0.3 is 0 Å². The molecule has 2 aromatic rings. The first-order valence-electron chi connectivity index (χ1n) is 8.29. The van der Waals surface area contributed by atoms with E-state index in [2.05, 4.69) is 29.1 Å². The molecule has 0 N–H and O–H groups in total. The molecule has 0 saturated carbocycles. The van der Waals surface area contributed by atoms with Gasteiger partial charge in [0.05, 0.1) is 5.16 Å². The Kier molecular flexibility index (Phi) is 6.74. The monoisotopic (exact) mass is 373 g/mol. The predicted octanol–water partition coefficient (Wildman–Crippen LogP) is 6.31. The summed E-state index contributed by atoms with van der Waals surface area (Å²) in [6.07, 6.45) is 1.49. The zero-order valence-electron chi connectivity index (χ0n) is 14.8. The molecule has 0 fully saturated rings. The summed E-state index contributed by atoms with van der Waals surface area (Å²) < 4.78 is 42.5. The molecule has 5 heteroatoms. The lowest BCUT2D eigenvalue weighted by molar-refractivity contribution is 0.579. The quantitative estimate of drug-likeness (QED) is 0.347. The maximum absolute atomic E-state index is 14.7. The van der Waals surface area contributed by atoms with Gasteiger partial charge in [0.2, 0.25) is 0 Å². The van der Waals surface area contributed by atoms with Crippen LogP contribution in [0.2, 0.25) is 0 Å². The van der Waals surface area contributed by atoms with Crippen LogP contribution in [0.15, 0.2) is 29.3 Å². The third-order valence-electron chi connectivity index (χ3n) is 3.87. The van der Waals surface area contributed by atoms with E-state index in [1.165, 1.54) is 0 Å². The normalized spacial score (nSPS) is 10.3. The largest absolute Gasteiger partial charge is 0.206 e. The van der Waals surface area contributed by atoms with Crippen LogP contribution in [-0.2, 0) is 6.42 Å². The van der Waals surface area contributed by atoms with Gasteiger partial charge in [-0.05, 0) is 48.3 Å². The topological polar surface area (TPSA) is 12.4 Å². The van der Waals surface area contributed by atoms with Gasteiger partial charge in [-0.2, -0.15) is 4.99 Å². The molecule has 0 radical (unpaired) electrons. The van der Waals surface area contributed by atoms with Crippen LogP contribution < -0.4 is 0 Å². The number of isothiocyanates is 1. The van der Waals surface area contributed by atoms with Crippen LogP contribution in [0.25, 0.3) is 0 Å². The smallest absolute Gasteiger partial charge is 0.153 e. The second-order valence-corrected chi connectivity index (χ2v) is 6.33. The van der Waals surface area contributed by atoms with Crippen molar-refractivity contribution in [1.82, 2.24) is 0 Å². The van der Waals surface area contributed by atoms with Crippen LogP contribution in [0, 0.1) is 29.3 Å². The zero-order valence-corrected chi connectivity index (χ0v) is 15.6. The fourth-order valence-electron chi connectivity index (χ4n) is 2.70. The number of aryl methyl sites for hydroxylation is 1. The fraction of sp³-hybridized carbons (Fsp3) is 0.286. The summed E-state index contributed by atoms with van der Waals surface area (Å²) in [4.78, 5) is 3.36. The van der Waals surface area contributed by atoms with Crippen molar-refractivity contribution in [3.05, 3.63) is 64.0 Å². The molecule has 2 aromatic carbocycles. The van der Waals surface area contributed by atoms with Gasteiger partial charge in [0.15, 0.2) is 11.6 Å². The van der Waals surface area contributed by atoms with Gasteiger partial charge in [-0.1, -0.05) is 45.1 Å². The number of thiocarbonyl (C=S) groups is 1. The van der Waals surface area contributed by atoms with Gasteiger partial charge in [-0.25, -0.2) is 13.2 Å². The Morgan fingerprint density at radius 1 is 1.08 bits per heavy atom. The molecule has 2 rings (SSSR count). The van der Waals surface area contributed by atoms with Crippen LogP contribution in [0.4, 0.5) is 18.9 Å². The molecule has 0 saturated heterocycles. The van der Waals surface area contributed by atoms with Crippen molar-refractivity contribution in [2.24, 2.45) is 4.99 Å². The summed E-state index contributed by atoms with van der Waals surface area (Å²) in [5, 5.41) is 1.94. The molecular formula is C21H18F3NS. The summed E-state index contributed by atoms with van der Waals surface area (Å²) in [6, 6.07) is 5.61. The number of halogens is 3. The van der Waals surface area contributed by atoms with E-state index >= 15 is 0 Å². The molecule has 0 heterocycles. The second-order valence-electron chi connectivity index (χ2n) is 6.15. The Morgan fingerprint density at radius 3 is 2.27 bits per heavy atom. The molecule has 0 aliphatic heterocycles. The molecular weight excluding hydrogens is 355 g/mol. The molecule has 26 heavy (non-hydrogen) atoms. The summed E-state index contributed by atoms with van der Waals surface area (Å²) >= 11 is 4.37. The lowest BCUT2D eigenvalue weighted by atomic mass is 9.93. The SMILES string of the molecule is CCCc1ccc(C#Cc2cc(F)c(N=C=S)c(F)c2)c(C(C)C)c1F. The van der Waals surface area contributed by atoms with Crippen molar-refractivity contribution in [1.29, 1.82) is 0 Å². The van der Waals surface area contributed by atoms with E-state index in [1.807, 2.05) is 25.9 Å². The van der Waals surface area contributed by atoms with E-state index in [0.717, 1.165) is 18.6 Å². The minimum Gasteiger partial charge on any atom is -0.206 e. The lowest BCUT2D eigenvalue weighted by Crippen LogP contribution is -2.02. The van der Waals surface area contributed by atoms with Gasteiger partial charge in [-0.15, -0.1) is 0 Å². The zero-order chi connectivity index (χ0) is 19.3. The standard InChI is InChI=1S/C21H18F3NS/c1-4-5-16-9-8-15(19(13(2)3)20(16)24)7-6-14-10-17(22)21(25-12-26)18(23)11-14/h8-11,13H,4-5H2,1-3H3. The minimum atomic E-state index is -0.875. The number of aliphatic imine (C=N–C) groups is 1. The van der Waals surface area contributed by atoms with E-state index < -0.39 is 17.3 Å². The second kappa shape index (κ2) is 8.80. The van der Waals surface area contributed by atoms with Crippen LogP contribution in [0.3, 0.4) is 0 Å². The van der Waals surface area contributed by atoms with Crippen molar-refractivity contribution in [2.45, 2.75) is 39.5 Å². The van der Waals surface area contributed by atoms with Gasteiger partial charge in [0.25, 0.3) is 0 Å².